The topological polar surface area (TPSA) is 103 Å². The minimum atomic E-state index is -0.700. The smallest absolute Gasteiger partial charge is 0.340 e. The average Bonchev–Trinajstić information content (AvgIpc) is 3.23. The van der Waals surface area contributed by atoms with Crippen molar-refractivity contribution in [2.24, 2.45) is 0 Å². The van der Waals surface area contributed by atoms with E-state index in [9.17, 15) is 14.4 Å². The maximum absolute atomic E-state index is 12.3. The summed E-state index contributed by atoms with van der Waals surface area (Å²) < 4.78 is 12.4. The molecule has 0 aliphatic rings. The Bertz CT molecular complexity index is 808. The van der Waals surface area contributed by atoms with E-state index in [0.29, 0.717) is 18.7 Å². The van der Waals surface area contributed by atoms with E-state index in [-0.39, 0.29) is 5.91 Å². The molecular formula is C19H25N3O5. The molecule has 0 aliphatic heterocycles. The van der Waals surface area contributed by atoms with Crippen LogP contribution in [0.15, 0.2) is 28.9 Å². The first kappa shape index (κ1) is 20.3. The summed E-state index contributed by atoms with van der Waals surface area (Å²) in [5, 5.41) is 5.09. The van der Waals surface area contributed by atoms with E-state index in [1.54, 1.807) is 32.2 Å². The van der Waals surface area contributed by atoms with Crippen molar-refractivity contribution in [1.82, 2.24) is 15.2 Å². The molecule has 8 nitrogen and oxygen atoms in total. The van der Waals surface area contributed by atoms with Crippen LogP contribution >= 0.6 is 0 Å². The van der Waals surface area contributed by atoms with Crippen molar-refractivity contribution in [3.8, 4) is 0 Å². The summed E-state index contributed by atoms with van der Waals surface area (Å²) >= 11 is 0. The zero-order chi connectivity index (χ0) is 20.0. The van der Waals surface area contributed by atoms with Crippen molar-refractivity contribution in [1.29, 1.82) is 0 Å². The summed E-state index contributed by atoms with van der Waals surface area (Å²) in [5.74, 6) is -0.643. The van der Waals surface area contributed by atoms with E-state index in [0.717, 1.165) is 17.1 Å². The highest BCUT2D eigenvalue weighted by Gasteiger charge is 2.20. The van der Waals surface area contributed by atoms with Crippen LogP contribution in [0.1, 0.15) is 41.4 Å². The van der Waals surface area contributed by atoms with E-state index < -0.39 is 24.5 Å². The average molecular weight is 375 g/mol. The largest absolute Gasteiger partial charge is 0.467 e. The summed E-state index contributed by atoms with van der Waals surface area (Å²) in [6.45, 7) is 7.56. The molecule has 0 aliphatic carbocycles. The van der Waals surface area contributed by atoms with Crippen molar-refractivity contribution in [2.45, 2.75) is 40.3 Å². The number of likely N-dealkylation sites (N-methyl/N-ethyl adjacent to an activating group) is 1. The Balaban J connectivity index is 1.94. The zero-order valence-corrected chi connectivity index (χ0v) is 16.0. The molecule has 1 atom stereocenters. The molecule has 27 heavy (non-hydrogen) atoms. The Morgan fingerprint density at radius 1 is 1.30 bits per heavy atom. The molecule has 0 saturated heterocycles. The van der Waals surface area contributed by atoms with Gasteiger partial charge in [0.05, 0.1) is 18.4 Å². The highest BCUT2D eigenvalue weighted by atomic mass is 16.5. The molecule has 0 fully saturated rings. The minimum Gasteiger partial charge on any atom is -0.467 e. The number of esters is 1. The van der Waals surface area contributed by atoms with Crippen molar-refractivity contribution < 1.29 is 23.5 Å². The summed E-state index contributed by atoms with van der Waals surface area (Å²) in [6.07, 6.45) is 1.60. The van der Waals surface area contributed by atoms with Gasteiger partial charge in [-0.15, -0.1) is 0 Å². The van der Waals surface area contributed by atoms with Gasteiger partial charge in [0, 0.05) is 17.9 Å². The van der Waals surface area contributed by atoms with E-state index in [4.69, 9.17) is 9.15 Å². The van der Waals surface area contributed by atoms with Gasteiger partial charge in [0.2, 0.25) is 5.91 Å². The summed E-state index contributed by atoms with van der Waals surface area (Å²) in [7, 11) is 0. The summed E-state index contributed by atoms with van der Waals surface area (Å²) in [4.78, 5) is 35.8. The first-order chi connectivity index (χ1) is 12.8. The minimum absolute atomic E-state index is 0.293. The second-order valence-corrected chi connectivity index (χ2v) is 6.21. The first-order valence-electron chi connectivity index (χ1n) is 8.76. The summed E-state index contributed by atoms with van der Waals surface area (Å²) in [6, 6.07) is 4.68. The molecule has 2 amide bonds. The van der Waals surface area contributed by atoms with Crippen LogP contribution in [0.3, 0.4) is 0 Å². The molecule has 0 unspecified atom stereocenters. The van der Waals surface area contributed by atoms with Gasteiger partial charge >= 0.3 is 5.97 Å². The maximum atomic E-state index is 12.3. The van der Waals surface area contributed by atoms with Crippen LogP contribution < -0.4 is 10.6 Å². The number of aromatic nitrogens is 1. The molecule has 0 bridgehead atoms. The van der Waals surface area contributed by atoms with E-state index in [1.807, 2.05) is 24.5 Å². The maximum Gasteiger partial charge on any atom is 0.340 e. The standard InChI is InChI=1S/C19H25N3O5/c1-5-20-18(24)13(3)21-17(23)11-27-19(25)16-9-12(2)22(14(16)4)10-15-7-6-8-26-15/h6-9,13H,5,10-11H2,1-4H3,(H,20,24)(H,21,23)/t13-/m0/s1. The second kappa shape index (κ2) is 9.07. The van der Waals surface area contributed by atoms with E-state index in [1.165, 1.54) is 0 Å². The van der Waals surface area contributed by atoms with Crippen LogP contribution in [-0.4, -0.2) is 41.5 Å². The van der Waals surface area contributed by atoms with E-state index >= 15 is 0 Å². The molecule has 146 valence electrons. The number of furan rings is 1. The lowest BCUT2D eigenvalue weighted by atomic mass is 10.2. The van der Waals surface area contributed by atoms with Crippen LogP contribution in [0.4, 0.5) is 0 Å². The van der Waals surface area contributed by atoms with E-state index in [2.05, 4.69) is 10.6 Å². The van der Waals surface area contributed by atoms with Crippen LogP contribution in [-0.2, 0) is 20.9 Å². The lowest BCUT2D eigenvalue weighted by Gasteiger charge is -2.13. The van der Waals surface area contributed by atoms with Gasteiger partial charge in [-0.05, 0) is 45.9 Å². The summed E-state index contributed by atoms with van der Waals surface area (Å²) in [5.41, 5.74) is 2.00. The molecule has 2 N–H and O–H groups in total. The fraction of sp³-hybridized carbons (Fsp3) is 0.421. The molecule has 0 radical (unpaired) electrons. The van der Waals surface area contributed by atoms with Crippen LogP contribution in [0.2, 0.25) is 0 Å². The fourth-order valence-corrected chi connectivity index (χ4v) is 2.69. The Morgan fingerprint density at radius 3 is 2.67 bits per heavy atom. The number of hydrogen-bond acceptors (Lipinski definition) is 5. The number of nitrogens with one attached hydrogen (secondary N) is 2. The first-order valence-corrected chi connectivity index (χ1v) is 8.76. The van der Waals surface area contributed by atoms with Gasteiger partial charge in [-0.3, -0.25) is 9.59 Å². The number of carbonyl (C=O) groups excluding carboxylic acids is 3. The van der Waals surface area contributed by atoms with Gasteiger partial charge in [-0.2, -0.15) is 0 Å². The third-order valence-corrected chi connectivity index (χ3v) is 4.14. The van der Waals surface area contributed by atoms with Gasteiger partial charge in [0.25, 0.3) is 5.91 Å². The Kier molecular flexibility index (Phi) is 6.81. The monoisotopic (exact) mass is 375 g/mol. The fourth-order valence-electron chi connectivity index (χ4n) is 2.69. The zero-order valence-electron chi connectivity index (χ0n) is 16.0. The molecule has 0 saturated carbocycles. The van der Waals surface area contributed by atoms with Gasteiger partial charge in [0.1, 0.15) is 11.8 Å². The van der Waals surface area contributed by atoms with Gasteiger partial charge in [-0.1, -0.05) is 0 Å². The Hall–Kier alpha value is -3.03. The lowest BCUT2D eigenvalue weighted by Crippen LogP contribution is -2.46. The number of ether oxygens (including phenoxy) is 1. The molecule has 2 aromatic heterocycles. The number of aryl methyl sites for hydroxylation is 1. The highest BCUT2D eigenvalue weighted by Crippen LogP contribution is 2.18. The SMILES string of the molecule is CCNC(=O)[C@H](C)NC(=O)COC(=O)c1cc(C)n(Cc2ccco2)c1C. The van der Waals surface area contributed by atoms with Gasteiger partial charge in [-0.25, -0.2) is 4.79 Å². The number of rotatable bonds is 8. The number of nitrogens with zero attached hydrogens (tertiary/aromatic N) is 1. The highest BCUT2D eigenvalue weighted by molar-refractivity contribution is 5.93. The predicted octanol–water partition coefficient (Wildman–Crippen LogP) is 1.54. The third kappa shape index (κ3) is 5.22. The van der Waals surface area contributed by atoms with Crippen molar-refractivity contribution in [3.05, 3.63) is 47.2 Å². The predicted molar refractivity (Wildman–Crippen MR) is 98.3 cm³/mol. The molecule has 2 aromatic rings. The van der Waals surface area contributed by atoms with Crippen molar-refractivity contribution in [2.75, 3.05) is 13.2 Å². The van der Waals surface area contributed by atoms with Crippen LogP contribution in [0.5, 0.6) is 0 Å². The lowest BCUT2D eigenvalue weighted by molar-refractivity contribution is -0.130. The quantitative estimate of drug-likeness (QED) is 0.682. The van der Waals surface area contributed by atoms with Gasteiger partial charge < -0.3 is 24.4 Å². The number of amides is 2. The van der Waals surface area contributed by atoms with Crippen molar-refractivity contribution in [3.63, 3.8) is 0 Å². The third-order valence-electron chi connectivity index (χ3n) is 4.14. The number of carbonyl (C=O) groups is 3. The normalized spacial score (nSPS) is 11.7. The van der Waals surface area contributed by atoms with Crippen molar-refractivity contribution >= 4 is 17.8 Å². The molecule has 0 spiro atoms. The van der Waals surface area contributed by atoms with Crippen LogP contribution in [0.25, 0.3) is 0 Å². The molecule has 2 rings (SSSR count). The Labute approximate surface area is 157 Å². The molecule has 0 aromatic carbocycles. The van der Waals surface area contributed by atoms with Gasteiger partial charge in [0.15, 0.2) is 6.61 Å². The Morgan fingerprint density at radius 2 is 2.04 bits per heavy atom. The molecule has 8 heteroatoms. The molecular weight excluding hydrogens is 350 g/mol. The molecule has 2 heterocycles. The van der Waals surface area contributed by atoms with Crippen LogP contribution in [0, 0.1) is 13.8 Å². The number of hydrogen-bond donors (Lipinski definition) is 2. The second-order valence-electron chi connectivity index (χ2n) is 6.21.